The Labute approximate surface area is 84.3 Å². The first-order chi connectivity index (χ1) is 6.13. The quantitative estimate of drug-likeness (QED) is 0.755. The average molecular weight is 199 g/mol. The third-order valence-electron chi connectivity index (χ3n) is 2.04. The fourth-order valence-electron chi connectivity index (χ4n) is 1.02. The van der Waals surface area contributed by atoms with E-state index in [-0.39, 0.29) is 0 Å². The molecule has 2 nitrogen and oxygen atoms in total. The van der Waals surface area contributed by atoms with Gasteiger partial charge in [0.2, 0.25) is 0 Å². The summed E-state index contributed by atoms with van der Waals surface area (Å²) in [7, 11) is 0. The fraction of sp³-hybridized carbons (Fsp3) is 0.500. The standard InChI is InChI=1S/C10H15ClN2/c1-4-8(3)13-9-5-7(2)10(11)12-6-9/h5-6,8,13H,4H2,1-3H3. The fourth-order valence-corrected chi connectivity index (χ4v) is 1.13. The molecule has 1 unspecified atom stereocenters. The first kappa shape index (κ1) is 10.3. The molecule has 0 aromatic carbocycles. The highest BCUT2D eigenvalue weighted by Gasteiger charge is 2.01. The van der Waals surface area contributed by atoms with Crippen LogP contribution in [0.25, 0.3) is 0 Å². The lowest BCUT2D eigenvalue weighted by molar-refractivity contribution is 0.763. The number of hydrogen-bond donors (Lipinski definition) is 1. The lowest BCUT2D eigenvalue weighted by Gasteiger charge is -2.12. The second-order valence-electron chi connectivity index (χ2n) is 3.29. The van der Waals surface area contributed by atoms with Crippen molar-refractivity contribution in [3.63, 3.8) is 0 Å². The van der Waals surface area contributed by atoms with Crippen LogP contribution in [0.5, 0.6) is 0 Å². The molecule has 1 aromatic rings. The Balaban J connectivity index is 2.73. The molecule has 0 spiro atoms. The van der Waals surface area contributed by atoms with Gasteiger partial charge in [0.25, 0.3) is 0 Å². The molecule has 72 valence electrons. The van der Waals surface area contributed by atoms with Gasteiger partial charge in [0, 0.05) is 6.04 Å². The van der Waals surface area contributed by atoms with Crippen LogP contribution in [0.2, 0.25) is 5.15 Å². The molecule has 0 bridgehead atoms. The van der Waals surface area contributed by atoms with Gasteiger partial charge in [0.05, 0.1) is 11.9 Å². The summed E-state index contributed by atoms with van der Waals surface area (Å²) in [6.45, 7) is 6.24. The molecule has 0 fully saturated rings. The smallest absolute Gasteiger partial charge is 0.132 e. The van der Waals surface area contributed by atoms with E-state index >= 15 is 0 Å². The van der Waals surface area contributed by atoms with Crippen LogP contribution in [0.1, 0.15) is 25.8 Å². The number of pyridine rings is 1. The van der Waals surface area contributed by atoms with Gasteiger partial charge in [-0.2, -0.15) is 0 Å². The van der Waals surface area contributed by atoms with Gasteiger partial charge in [-0.1, -0.05) is 18.5 Å². The maximum atomic E-state index is 5.81. The van der Waals surface area contributed by atoms with Gasteiger partial charge in [0.1, 0.15) is 5.15 Å². The van der Waals surface area contributed by atoms with Crippen molar-refractivity contribution < 1.29 is 0 Å². The Morgan fingerprint density at radius 2 is 2.31 bits per heavy atom. The zero-order valence-electron chi connectivity index (χ0n) is 8.26. The highest BCUT2D eigenvalue weighted by molar-refractivity contribution is 6.30. The zero-order valence-corrected chi connectivity index (χ0v) is 9.02. The summed E-state index contributed by atoms with van der Waals surface area (Å²) in [5.74, 6) is 0. The van der Waals surface area contributed by atoms with Gasteiger partial charge < -0.3 is 5.32 Å². The van der Waals surface area contributed by atoms with Crippen LogP contribution in [0.3, 0.4) is 0 Å². The van der Waals surface area contributed by atoms with Crippen LogP contribution in [0, 0.1) is 6.92 Å². The van der Waals surface area contributed by atoms with Gasteiger partial charge in [-0.3, -0.25) is 0 Å². The summed E-state index contributed by atoms with van der Waals surface area (Å²) in [4.78, 5) is 4.07. The summed E-state index contributed by atoms with van der Waals surface area (Å²) in [5, 5.41) is 3.92. The van der Waals surface area contributed by atoms with Crippen molar-refractivity contribution in [2.24, 2.45) is 0 Å². The minimum atomic E-state index is 0.474. The molecule has 13 heavy (non-hydrogen) atoms. The lowest BCUT2D eigenvalue weighted by Crippen LogP contribution is -2.13. The van der Waals surface area contributed by atoms with Crippen molar-refractivity contribution >= 4 is 17.3 Å². The Hall–Kier alpha value is -0.760. The summed E-state index contributed by atoms with van der Waals surface area (Å²) in [5.41, 5.74) is 2.05. The zero-order chi connectivity index (χ0) is 9.84. The van der Waals surface area contributed by atoms with Gasteiger partial charge in [-0.15, -0.1) is 0 Å². The van der Waals surface area contributed by atoms with Crippen molar-refractivity contribution in [3.8, 4) is 0 Å². The molecule has 3 heteroatoms. The van der Waals surface area contributed by atoms with Crippen molar-refractivity contribution in [1.82, 2.24) is 4.98 Å². The maximum Gasteiger partial charge on any atom is 0.132 e. The summed E-state index contributed by atoms with van der Waals surface area (Å²) in [6, 6.07) is 2.49. The van der Waals surface area contributed by atoms with Crippen molar-refractivity contribution in [3.05, 3.63) is 23.0 Å². The van der Waals surface area contributed by atoms with Crippen LogP contribution >= 0.6 is 11.6 Å². The molecule has 0 saturated carbocycles. The van der Waals surface area contributed by atoms with E-state index in [0.717, 1.165) is 17.7 Å². The number of nitrogens with zero attached hydrogens (tertiary/aromatic N) is 1. The highest BCUT2D eigenvalue weighted by Crippen LogP contribution is 2.16. The topological polar surface area (TPSA) is 24.9 Å². The molecular formula is C10H15ClN2. The first-order valence-electron chi connectivity index (χ1n) is 4.52. The van der Waals surface area contributed by atoms with E-state index in [2.05, 4.69) is 24.1 Å². The van der Waals surface area contributed by atoms with Gasteiger partial charge in [-0.25, -0.2) is 4.98 Å². The Morgan fingerprint density at radius 3 is 2.85 bits per heavy atom. The van der Waals surface area contributed by atoms with Gasteiger partial charge in [0.15, 0.2) is 0 Å². The number of rotatable bonds is 3. The highest BCUT2D eigenvalue weighted by atomic mass is 35.5. The molecule has 0 radical (unpaired) electrons. The molecule has 1 N–H and O–H groups in total. The number of aryl methyl sites for hydroxylation is 1. The Bertz CT molecular complexity index is 286. The molecule has 0 aliphatic rings. The number of nitrogens with one attached hydrogen (secondary N) is 1. The molecule has 1 rings (SSSR count). The van der Waals surface area contributed by atoms with Crippen molar-refractivity contribution in [1.29, 1.82) is 0 Å². The maximum absolute atomic E-state index is 5.81. The molecular weight excluding hydrogens is 184 g/mol. The minimum Gasteiger partial charge on any atom is -0.381 e. The van der Waals surface area contributed by atoms with E-state index < -0.39 is 0 Å². The summed E-state index contributed by atoms with van der Waals surface area (Å²) >= 11 is 5.81. The molecule has 0 amide bonds. The lowest BCUT2D eigenvalue weighted by atomic mass is 10.2. The molecule has 1 aromatic heterocycles. The van der Waals surface area contributed by atoms with E-state index in [0.29, 0.717) is 11.2 Å². The van der Waals surface area contributed by atoms with E-state index in [9.17, 15) is 0 Å². The largest absolute Gasteiger partial charge is 0.381 e. The van der Waals surface area contributed by atoms with Gasteiger partial charge in [-0.05, 0) is 31.9 Å². The number of anilines is 1. The number of hydrogen-bond acceptors (Lipinski definition) is 2. The minimum absolute atomic E-state index is 0.474. The Morgan fingerprint density at radius 1 is 1.62 bits per heavy atom. The second kappa shape index (κ2) is 4.47. The number of aromatic nitrogens is 1. The van der Waals surface area contributed by atoms with Crippen LogP contribution < -0.4 is 5.32 Å². The predicted molar refractivity (Wildman–Crippen MR) is 57.4 cm³/mol. The molecule has 1 heterocycles. The molecule has 0 saturated heterocycles. The summed E-state index contributed by atoms with van der Waals surface area (Å²) < 4.78 is 0. The van der Waals surface area contributed by atoms with Crippen LogP contribution in [0.15, 0.2) is 12.3 Å². The Kier molecular flexibility index (Phi) is 3.55. The van der Waals surface area contributed by atoms with E-state index in [1.54, 1.807) is 6.20 Å². The van der Waals surface area contributed by atoms with Crippen molar-refractivity contribution in [2.75, 3.05) is 5.32 Å². The van der Waals surface area contributed by atoms with Crippen molar-refractivity contribution in [2.45, 2.75) is 33.2 Å². The third-order valence-corrected chi connectivity index (χ3v) is 2.44. The van der Waals surface area contributed by atoms with E-state index in [4.69, 9.17) is 11.6 Å². The van der Waals surface area contributed by atoms with Crippen LogP contribution in [-0.2, 0) is 0 Å². The molecule has 0 aliphatic heterocycles. The van der Waals surface area contributed by atoms with Crippen LogP contribution in [-0.4, -0.2) is 11.0 Å². The second-order valence-corrected chi connectivity index (χ2v) is 3.64. The van der Waals surface area contributed by atoms with Gasteiger partial charge >= 0.3 is 0 Å². The summed E-state index contributed by atoms with van der Waals surface area (Å²) in [6.07, 6.45) is 2.86. The SMILES string of the molecule is CCC(C)Nc1cnc(Cl)c(C)c1. The molecule has 0 aliphatic carbocycles. The normalized spacial score (nSPS) is 12.6. The van der Waals surface area contributed by atoms with E-state index in [1.807, 2.05) is 13.0 Å². The first-order valence-corrected chi connectivity index (χ1v) is 4.90. The molecule has 1 atom stereocenters. The van der Waals surface area contributed by atoms with Crippen LogP contribution in [0.4, 0.5) is 5.69 Å². The van der Waals surface area contributed by atoms with E-state index in [1.165, 1.54) is 0 Å². The predicted octanol–water partition coefficient (Wildman–Crippen LogP) is 3.25. The monoisotopic (exact) mass is 198 g/mol. The average Bonchev–Trinajstić information content (AvgIpc) is 2.11. The number of halogens is 1. The third kappa shape index (κ3) is 2.88.